The van der Waals surface area contributed by atoms with Crippen molar-refractivity contribution < 1.29 is 14.3 Å². The predicted octanol–water partition coefficient (Wildman–Crippen LogP) is 3.10. The van der Waals surface area contributed by atoms with Crippen molar-refractivity contribution in [3.05, 3.63) is 60.2 Å². The van der Waals surface area contributed by atoms with Gasteiger partial charge in [-0.2, -0.15) is 0 Å². The van der Waals surface area contributed by atoms with E-state index in [1.165, 1.54) is 0 Å². The summed E-state index contributed by atoms with van der Waals surface area (Å²) >= 11 is 0. The second-order valence-electron chi connectivity index (χ2n) is 6.42. The first-order valence-electron chi connectivity index (χ1n) is 8.90. The Morgan fingerprint density at radius 1 is 1.15 bits per heavy atom. The molecule has 3 rings (SSSR count). The van der Waals surface area contributed by atoms with Crippen LogP contribution in [0.5, 0.6) is 5.75 Å². The van der Waals surface area contributed by atoms with E-state index in [1.54, 1.807) is 12.0 Å². The quantitative estimate of drug-likeness (QED) is 0.803. The third kappa shape index (κ3) is 3.72. The second kappa shape index (κ2) is 8.04. The van der Waals surface area contributed by atoms with Crippen LogP contribution in [-0.2, 0) is 16.1 Å². The molecule has 0 aromatic heterocycles. The molecular formula is C21H24N2O3. The van der Waals surface area contributed by atoms with Crippen molar-refractivity contribution in [1.82, 2.24) is 4.90 Å². The maximum atomic E-state index is 13.0. The number of hydrogen-bond acceptors (Lipinski definition) is 3. The lowest BCUT2D eigenvalue weighted by Crippen LogP contribution is -2.37. The average molecular weight is 352 g/mol. The highest BCUT2D eigenvalue weighted by Gasteiger charge is 2.37. The van der Waals surface area contributed by atoms with Crippen molar-refractivity contribution in [2.45, 2.75) is 19.9 Å². The van der Waals surface area contributed by atoms with E-state index in [0.29, 0.717) is 25.4 Å². The molecule has 0 saturated carbocycles. The van der Waals surface area contributed by atoms with Crippen molar-refractivity contribution in [1.29, 1.82) is 0 Å². The smallest absolute Gasteiger partial charge is 0.228 e. The van der Waals surface area contributed by atoms with Crippen LogP contribution in [0.2, 0.25) is 0 Å². The molecule has 1 aliphatic heterocycles. The summed E-state index contributed by atoms with van der Waals surface area (Å²) in [5, 5.41) is 0. The summed E-state index contributed by atoms with van der Waals surface area (Å²) in [6.07, 6.45) is 0.238. The topological polar surface area (TPSA) is 49.9 Å². The zero-order valence-electron chi connectivity index (χ0n) is 15.2. The normalized spacial score (nSPS) is 16.6. The predicted molar refractivity (Wildman–Crippen MR) is 101 cm³/mol. The fraction of sp³-hybridized carbons (Fsp3) is 0.333. The number of carbonyl (C=O) groups excluding carboxylic acids is 2. The van der Waals surface area contributed by atoms with Crippen LogP contribution in [0, 0.1) is 5.92 Å². The number of anilines is 1. The van der Waals surface area contributed by atoms with E-state index in [-0.39, 0.29) is 24.2 Å². The minimum Gasteiger partial charge on any atom is -0.495 e. The highest BCUT2D eigenvalue weighted by molar-refractivity contribution is 6.01. The van der Waals surface area contributed by atoms with Gasteiger partial charge in [0.15, 0.2) is 0 Å². The first-order chi connectivity index (χ1) is 12.6. The summed E-state index contributed by atoms with van der Waals surface area (Å²) in [5.74, 6) is 0.312. The largest absolute Gasteiger partial charge is 0.495 e. The highest BCUT2D eigenvalue weighted by atomic mass is 16.5. The summed E-state index contributed by atoms with van der Waals surface area (Å²) in [4.78, 5) is 29.0. The van der Waals surface area contributed by atoms with Gasteiger partial charge in [-0.25, -0.2) is 0 Å². The standard InChI is InChI=1S/C21H24N2O3/c1-3-22(14-16-9-5-4-6-10-16)21(25)17-13-20(24)23(15-17)18-11-7-8-12-19(18)26-2/h4-12,17H,3,13-15H2,1-2H3. The second-order valence-corrected chi connectivity index (χ2v) is 6.42. The third-order valence-corrected chi connectivity index (χ3v) is 4.76. The van der Waals surface area contributed by atoms with Crippen LogP contribution in [0.3, 0.4) is 0 Å². The van der Waals surface area contributed by atoms with Gasteiger partial charge in [-0.05, 0) is 24.6 Å². The minimum atomic E-state index is -0.323. The van der Waals surface area contributed by atoms with Gasteiger partial charge in [0.2, 0.25) is 11.8 Å². The lowest BCUT2D eigenvalue weighted by Gasteiger charge is -2.24. The Bertz CT molecular complexity index is 776. The Balaban J connectivity index is 1.73. The summed E-state index contributed by atoms with van der Waals surface area (Å²) in [7, 11) is 1.58. The molecule has 136 valence electrons. The van der Waals surface area contributed by atoms with Crippen LogP contribution in [0.15, 0.2) is 54.6 Å². The van der Waals surface area contributed by atoms with Crippen molar-refractivity contribution >= 4 is 17.5 Å². The van der Waals surface area contributed by atoms with Gasteiger partial charge in [0.25, 0.3) is 0 Å². The van der Waals surface area contributed by atoms with Gasteiger partial charge in [0, 0.05) is 26.1 Å². The summed E-state index contributed by atoms with van der Waals surface area (Å²) < 4.78 is 5.36. The average Bonchev–Trinajstić information content (AvgIpc) is 3.07. The molecule has 26 heavy (non-hydrogen) atoms. The van der Waals surface area contributed by atoms with E-state index < -0.39 is 0 Å². The molecule has 1 heterocycles. The van der Waals surface area contributed by atoms with E-state index in [9.17, 15) is 9.59 Å². The molecule has 5 heteroatoms. The zero-order chi connectivity index (χ0) is 18.5. The number of para-hydroxylation sites is 2. The molecule has 2 amide bonds. The van der Waals surface area contributed by atoms with E-state index in [0.717, 1.165) is 11.3 Å². The van der Waals surface area contributed by atoms with Crippen LogP contribution >= 0.6 is 0 Å². The van der Waals surface area contributed by atoms with Crippen molar-refractivity contribution in [3.8, 4) is 5.75 Å². The Hall–Kier alpha value is -2.82. The molecule has 1 unspecified atom stereocenters. The molecule has 0 aliphatic carbocycles. The third-order valence-electron chi connectivity index (χ3n) is 4.76. The van der Waals surface area contributed by atoms with Crippen LogP contribution in [0.25, 0.3) is 0 Å². The van der Waals surface area contributed by atoms with Gasteiger partial charge in [-0.3, -0.25) is 9.59 Å². The number of ether oxygens (including phenoxy) is 1. The number of amides is 2. The molecule has 1 saturated heterocycles. The maximum Gasteiger partial charge on any atom is 0.228 e. The Kier molecular flexibility index (Phi) is 5.56. The fourth-order valence-electron chi connectivity index (χ4n) is 3.37. The summed E-state index contributed by atoms with van der Waals surface area (Å²) in [6.45, 7) is 3.54. The molecule has 5 nitrogen and oxygen atoms in total. The zero-order valence-corrected chi connectivity index (χ0v) is 15.2. The van der Waals surface area contributed by atoms with Crippen molar-refractivity contribution in [3.63, 3.8) is 0 Å². The first kappa shape index (κ1) is 18.0. The van der Waals surface area contributed by atoms with Gasteiger partial charge in [-0.15, -0.1) is 0 Å². The number of hydrogen-bond donors (Lipinski definition) is 0. The van der Waals surface area contributed by atoms with Gasteiger partial charge < -0.3 is 14.5 Å². The highest BCUT2D eigenvalue weighted by Crippen LogP contribution is 2.33. The van der Waals surface area contributed by atoms with E-state index in [4.69, 9.17) is 4.74 Å². The SMILES string of the molecule is CCN(Cc1ccccc1)C(=O)C1CC(=O)N(c2ccccc2OC)C1. The molecule has 0 N–H and O–H groups in total. The Morgan fingerprint density at radius 3 is 2.54 bits per heavy atom. The van der Waals surface area contributed by atoms with Gasteiger partial charge in [0.1, 0.15) is 5.75 Å². The molecule has 0 spiro atoms. The van der Waals surface area contributed by atoms with Crippen molar-refractivity contribution in [2.75, 3.05) is 25.1 Å². The van der Waals surface area contributed by atoms with E-state index in [1.807, 2.05) is 66.4 Å². The summed E-state index contributed by atoms with van der Waals surface area (Å²) in [5.41, 5.74) is 1.81. The molecule has 0 radical (unpaired) electrons. The molecule has 2 aromatic rings. The first-order valence-corrected chi connectivity index (χ1v) is 8.90. The molecule has 0 bridgehead atoms. The lowest BCUT2D eigenvalue weighted by atomic mass is 10.1. The number of methoxy groups -OCH3 is 1. The fourth-order valence-corrected chi connectivity index (χ4v) is 3.37. The van der Waals surface area contributed by atoms with Gasteiger partial charge in [0.05, 0.1) is 18.7 Å². The van der Waals surface area contributed by atoms with Crippen molar-refractivity contribution in [2.24, 2.45) is 5.92 Å². The number of nitrogens with zero attached hydrogens (tertiary/aromatic N) is 2. The Morgan fingerprint density at radius 2 is 1.85 bits per heavy atom. The Labute approximate surface area is 154 Å². The number of rotatable bonds is 6. The van der Waals surface area contributed by atoms with Crippen LogP contribution in [0.1, 0.15) is 18.9 Å². The lowest BCUT2D eigenvalue weighted by molar-refractivity contribution is -0.136. The van der Waals surface area contributed by atoms with E-state index >= 15 is 0 Å². The van der Waals surface area contributed by atoms with Gasteiger partial charge in [-0.1, -0.05) is 42.5 Å². The molecule has 2 aromatic carbocycles. The molecular weight excluding hydrogens is 328 g/mol. The van der Waals surface area contributed by atoms with Crippen LogP contribution in [0.4, 0.5) is 5.69 Å². The molecule has 1 fully saturated rings. The van der Waals surface area contributed by atoms with Gasteiger partial charge >= 0.3 is 0 Å². The minimum absolute atomic E-state index is 0.0297. The molecule has 1 aliphatic rings. The summed E-state index contributed by atoms with van der Waals surface area (Å²) in [6, 6.07) is 17.3. The molecule has 1 atom stereocenters. The van der Waals surface area contributed by atoms with Crippen LogP contribution < -0.4 is 9.64 Å². The maximum absolute atomic E-state index is 13.0. The number of carbonyl (C=O) groups is 2. The number of benzene rings is 2. The van der Waals surface area contributed by atoms with E-state index in [2.05, 4.69) is 0 Å². The monoisotopic (exact) mass is 352 g/mol. The van der Waals surface area contributed by atoms with Crippen LogP contribution in [-0.4, -0.2) is 36.9 Å².